The van der Waals surface area contributed by atoms with Crippen molar-refractivity contribution in [3.05, 3.63) is 0 Å². The molecule has 0 heterocycles. The van der Waals surface area contributed by atoms with Gasteiger partial charge >= 0.3 is 0 Å². The smallest absolute Gasteiger partial charge is 0.0829 e. The predicted octanol–water partition coefficient (Wildman–Crippen LogP) is 2.74. The van der Waals surface area contributed by atoms with Gasteiger partial charge in [-0.15, -0.1) is 0 Å². The van der Waals surface area contributed by atoms with E-state index in [0.29, 0.717) is 6.61 Å². The van der Waals surface area contributed by atoms with Gasteiger partial charge in [-0.2, -0.15) is 0 Å². The Kier molecular flexibility index (Phi) is 4.39. The summed E-state index contributed by atoms with van der Waals surface area (Å²) in [6.07, 6.45) is 5.92. The third-order valence-corrected chi connectivity index (χ3v) is 3.60. The maximum Gasteiger partial charge on any atom is 0.0829 e. The second-order valence-corrected chi connectivity index (χ2v) is 4.82. The molecule has 0 aliphatic heterocycles. The quantitative estimate of drug-likeness (QED) is 0.739. The van der Waals surface area contributed by atoms with Gasteiger partial charge in [0.2, 0.25) is 0 Å². The summed E-state index contributed by atoms with van der Waals surface area (Å²) in [6, 6.07) is 0. The lowest BCUT2D eigenvalue weighted by atomic mass is 9.78. The summed E-state index contributed by atoms with van der Waals surface area (Å²) in [5.41, 5.74) is 0.162. The molecule has 0 radical (unpaired) electrons. The first kappa shape index (κ1) is 12.0. The molecular formula is C12H24O2. The Labute approximate surface area is 87.7 Å². The Bertz CT molecular complexity index is 160. The molecule has 14 heavy (non-hydrogen) atoms. The first-order chi connectivity index (χ1) is 6.60. The third-order valence-electron chi connectivity index (χ3n) is 3.60. The second kappa shape index (κ2) is 5.13. The third kappa shape index (κ3) is 2.71. The topological polar surface area (TPSA) is 29.5 Å². The van der Waals surface area contributed by atoms with Crippen LogP contribution in [0, 0.1) is 5.41 Å². The molecule has 1 N–H and O–H groups in total. The fourth-order valence-electron chi connectivity index (χ4n) is 2.46. The predicted molar refractivity (Wildman–Crippen MR) is 58.3 cm³/mol. The molecule has 0 amide bonds. The van der Waals surface area contributed by atoms with Gasteiger partial charge < -0.3 is 9.84 Å². The number of ether oxygens (including phenoxy) is 1. The fraction of sp³-hybridized carbons (Fsp3) is 1.00. The van der Waals surface area contributed by atoms with Crippen LogP contribution < -0.4 is 0 Å². The summed E-state index contributed by atoms with van der Waals surface area (Å²) in [6.45, 7) is 6.72. The molecule has 1 aliphatic carbocycles. The summed E-state index contributed by atoms with van der Waals surface area (Å²) in [7, 11) is 0. The van der Waals surface area contributed by atoms with E-state index in [1.807, 2.05) is 13.8 Å². The zero-order chi connectivity index (χ0) is 10.6. The van der Waals surface area contributed by atoms with Crippen LogP contribution in [0.3, 0.4) is 0 Å². The van der Waals surface area contributed by atoms with Gasteiger partial charge in [-0.3, -0.25) is 0 Å². The van der Waals surface area contributed by atoms with E-state index >= 15 is 0 Å². The summed E-state index contributed by atoms with van der Waals surface area (Å²) >= 11 is 0. The average molecular weight is 200 g/mol. The first-order valence-corrected chi connectivity index (χ1v) is 5.90. The van der Waals surface area contributed by atoms with Crippen LogP contribution in [0.15, 0.2) is 0 Å². The monoisotopic (exact) mass is 200 g/mol. The van der Waals surface area contributed by atoms with Gasteiger partial charge in [0.1, 0.15) is 0 Å². The SMILES string of the molecule is CCC1(C(O)COC(C)C)CCCC1. The van der Waals surface area contributed by atoms with Gasteiger partial charge in [-0.25, -0.2) is 0 Å². The van der Waals surface area contributed by atoms with Gasteiger partial charge in [0.25, 0.3) is 0 Å². The van der Waals surface area contributed by atoms with E-state index in [4.69, 9.17) is 4.74 Å². The number of aliphatic hydroxyl groups is 1. The molecule has 2 heteroatoms. The van der Waals surface area contributed by atoms with Crippen molar-refractivity contribution in [2.45, 2.75) is 65.1 Å². The molecule has 0 aromatic heterocycles. The zero-order valence-corrected chi connectivity index (χ0v) is 9.75. The molecule has 1 saturated carbocycles. The van der Waals surface area contributed by atoms with Crippen molar-refractivity contribution in [3.63, 3.8) is 0 Å². The van der Waals surface area contributed by atoms with E-state index < -0.39 is 0 Å². The molecule has 0 saturated heterocycles. The maximum absolute atomic E-state index is 10.1. The lowest BCUT2D eigenvalue weighted by Crippen LogP contribution is -2.36. The molecular weight excluding hydrogens is 176 g/mol. The van der Waals surface area contributed by atoms with E-state index in [1.165, 1.54) is 25.7 Å². The molecule has 0 bridgehead atoms. The number of rotatable bonds is 5. The lowest BCUT2D eigenvalue weighted by molar-refractivity contribution is -0.0580. The highest BCUT2D eigenvalue weighted by atomic mass is 16.5. The van der Waals surface area contributed by atoms with E-state index in [1.54, 1.807) is 0 Å². The van der Waals surface area contributed by atoms with Crippen molar-refractivity contribution in [1.29, 1.82) is 0 Å². The Balaban J connectivity index is 2.43. The van der Waals surface area contributed by atoms with Gasteiger partial charge in [-0.1, -0.05) is 19.8 Å². The van der Waals surface area contributed by atoms with Crippen molar-refractivity contribution in [2.24, 2.45) is 5.41 Å². The van der Waals surface area contributed by atoms with E-state index in [-0.39, 0.29) is 17.6 Å². The molecule has 1 fully saturated rings. The number of hydrogen-bond donors (Lipinski definition) is 1. The fourth-order valence-corrected chi connectivity index (χ4v) is 2.46. The van der Waals surface area contributed by atoms with Gasteiger partial charge in [-0.05, 0) is 38.5 Å². The van der Waals surface area contributed by atoms with Gasteiger partial charge in [0.05, 0.1) is 18.8 Å². The van der Waals surface area contributed by atoms with Crippen LogP contribution >= 0.6 is 0 Å². The minimum absolute atomic E-state index is 0.162. The Morgan fingerprint density at radius 3 is 2.29 bits per heavy atom. The lowest BCUT2D eigenvalue weighted by Gasteiger charge is -2.33. The Hall–Kier alpha value is -0.0800. The highest BCUT2D eigenvalue weighted by molar-refractivity contribution is 4.89. The van der Waals surface area contributed by atoms with Crippen LogP contribution in [0.2, 0.25) is 0 Å². The summed E-state index contributed by atoms with van der Waals surface area (Å²) in [4.78, 5) is 0. The van der Waals surface area contributed by atoms with Crippen LogP contribution in [0.1, 0.15) is 52.9 Å². The van der Waals surface area contributed by atoms with Gasteiger partial charge in [0.15, 0.2) is 0 Å². The molecule has 0 aromatic rings. The minimum atomic E-state index is -0.266. The van der Waals surface area contributed by atoms with Crippen LogP contribution in [0.4, 0.5) is 0 Å². The molecule has 2 nitrogen and oxygen atoms in total. The number of hydrogen-bond acceptors (Lipinski definition) is 2. The summed E-state index contributed by atoms with van der Waals surface area (Å²) in [5.74, 6) is 0. The normalized spacial score (nSPS) is 22.9. The number of aliphatic hydroxyl groups excluding tert-OH is 1. The van der Waals surface area contributed by atoms with E-state index in [0.717, 1.165) is 6.42 Å². The van der Waals surface area contributed by atoms with Crippen LogP contribution in [0.5, 0.6) is 0 Å². The standard InChI is InChI=1S/C12H24O2/c1-4-12(7-5-6-8-12)11(13)9-14-10(2)3/h10-11,13H,4-9H2,1-3H3. The molecule has 0 spiro atoms. The average Bonchev–Trinajstić information content (AvgIpc) is 2.63. The van der Waals surface area contributed by atoms with Crippen molar-refractivity contribution < 1.29 is 9.84 Å². The molecule has 84 valence electrons. The van der Waals surface area contributed by atoms with Gasteiger partial charge in [0, 0.05) is 0 Å². The Morgan fingerprint density at radius 1 is 1.29 bits per heavy atom. The van der Waals surface area contributed by atoms with Crippen LogP contribution in [0.25, 0.3) is 0 Å². The maximum atomic E-state index is 10.1. The molecule has 1 rings (SSSR count). The zero-order valence-electron chi connectivity index (χ0n) is 9.75. The highest BCUT2D eigenvalue weighted by Crippen LogP contribution is 2.43. The Morgan fingerprint density at radius 2 is 1.86 bits per heavy atom. The molecule has 1 aliphatic rings. The summed E-state index contributed by atoms with van der Waals surface area (Å²) < 4.78 is 5.49. The van der Waals surface area contributed by atoms with Crippen molar-refractivity contribution >= 4 is 0 Å². The minimum Gasteiger partial charge on any atom is -0.390 e. The van der Waals surface area contributed by atoms with Crippen molar-refractivity contribution in [2.75, 3.05) is 6.61 Å². The van der Waals surface area contributed by atoms with Crippen LogP contribution in [-0.4, -0.2) is 23.9 Å². The highest BCUT2D eigenvalue weighted by Gasteiger charge is 2.38. The largest absolute Gasteiger partial charge is 0.390 e. The van der Waals surface area contributed by atoms with E-state index in [9.17, 15) is 5.11 Å². The molecule has 0 aromatic carbocycles. The second-order valence-electron chi connectivity index (χ2n) is 4.82. The molecule has 1 atom stereocenters. The van der Waals surface area contributed by atoms with E-state index in [2.05, 4.69) is 6.92 Å². The molecule has 1 unspecified atom stereocenters. The summed E-state index contributed by atoms with van der Waals surface area (Å²) in [5, 5.41) is 10.1. The first-order valence-electron chi connectivity index (χ1n) is 5.90. The van der Waals surface area contributed by atoms with Crippen molar-refractivity contribution in [1.82, 2.24) is 0 Å². The van der Waals surface area contributed by atoms with Crippen LogP contribution in [-0.2, 0) is 4.74 Å². The van der Waals surface area contributed by atoms with Crippen molar-refractivity contribution in [3.8, 4) is 0 Å².